The van der Waals surface area contributed by atoms with Crippen LogP contribution in [0.3, 0.4) is 0 Å². The quantitative estimate of drug-likeness (QED) is 0.563. The number of carbonyl (C=O) groups is 1. The summed E-state index contributed by atoms with van der Waals surface area (Å²) in [4.78, 5) is 11.1. The summed E-state index contributed by atoms with van der Waals surface area (Å²) in [5.74, 6) is -0.524. The summed E-state index contributed by atoms with van der Waals surface area (Å²) in [6.07, 6.45) is 0.345. The van der Waals surface area contributed by atoms with Gasteiger partial charge in [0, 0.05) is 20.0 Å². The Bertz CT molecular complexity index is 987. The molecule has 164 valence electrons. The van der Waals surface area contributed by atoms with Gasteiger partial charge < -0.3 is 10.4 Å². The number of nitrogens with one attached hydrogen (secondary N) is 2. The number of hydrogen-bond acceptors (Lipinski definition) is 4. The zero-order chi connectivity index (χ0) is 22.5. The Balaban J connectivity index is 2.23. The van der Waals surface area contributed by atoms with Gasteiger partial charge in [-0.1, -0.05) is 36.4 Å². The SMILES string of the molecule is CC(=O)NCCc1c(F)cccc1-c1ccc(C(C)(O)CNS(=O)(=O)C(C)C)cc1. The second-order valence-corrected chi connectivity index (χ2v) is 10.1. The first kappa shape index (κ1) is 24.0. The van der Waals surface area contributed by atoms with Gasteiger partial charge in [0.1, 0.15) is 11.4 Å². The third-order valence-corrected chi connectivity index (χ3v) is 6.71. The summed E-state index contributed by atoms with van der Waals surface area (Å²) >= 11 is 0. The van der Waals surface area contributed by atoms with Gasteiger partial charge in [-0.15, -0.1) is 0 Å². The summed E-state index contributed by atoms with van der Waals surface area (Å²) < 4.78 is 40.7. The molecule has 0 aromatic heterocycles. The summed E-state index contributed by atoms with van der Waals surface area (Å²) in [5.41, 5.74) is 1.09. The molecule has 2 rings (SSSR count). The van der Waals surface area contributed by atoms with E-state index >= 15 is 0 Å². The smallest absolute Gasteiger partial charge is 0.216 e. The van der Waals surface area contributed by atoms with E-state index in [1.807, 2.05) is 0 Å². The van der Waals surface area contributed by atoms with Crippen molar-refractivity contribution < 1.29 is 22.7 Å². The van der Waals surface area contributed by atoms with Crippen LogP contribution in [-0.4, -0.2) is 37.8 Å². The summed E-state index contributed by atoms with van der Waals surface area (Å²) in [5, 5.41) is 12.8. The summed E-state index contributed by atoms with van der Waals surface area (Å²) in [7, 11) is -3.50. The Hall–Kier alpha value is -2.29. The van der Waals surface area contributed by atoms with Gasteiger partial charge in [0.2, 0.25) is 15.9 Å². The molecule has 0 bridgehead atoms. The summed E-state index contributed by atoms with van der Waals surface area (Å²) in [6, 6.07) is 11.7. The maximum atomic E-state index is 14.4. The van der Waals surface area contributed by atoms with Gasteiger partial charge in [-0.2, -0.15) is 0 Å². The van der Waals surface area contributed by atoms with E-state index in [-0.39, 0.29) is 18.3 Å². The molecular weight excluding hydrogens is 407 g/mol. The van der Waals surface area contributed by atoms with E-state index in [9.17, 15) is 22.7 Å². The van der Waals surface area contributed by atoms with Gasteiger partial charge in [0.25, 0.3) is 0 Å². The molecule has 2 aromatic carbocycles. The lowest BCUT2D eigenvalue weighted by atomic mass is 9.92. The van der Waals surface area contributed by atoms with Crippen molar-refractivity contribution in [3.63, 3.8) is 0 Å². The third-order valence-electron chi connectivity index (χ3n) is 4.92. The molecular formula is C22H29FN2O4S. The Kier molecular flexibility index (Phi) is 7.74. The average Bonchev–Trinajstić information content (AvgIpc) is 2.67. The van der Waals surface area contributed by atoms with Crippen molar-refractivity contribution in [1.82, 2.24) is 10.0 Å². The predicted octanol–water partition coefficient (Wildman–Crippen LogP) is 2.71. The average molecular weight is 437 g/mol. The molecule has 1 amide bonds. The van der Waals surface area contributed by atoms with Crippen molar-refractivity contribution in [2.45, 2.75) is 45.0 Å². The summed E-state index contributed by atoms with van der Waals surface area (Å²) in [6.45, 7) is 6.24. The highest BCUT2D eigenvalue weighted by molar-refractivity contribution is 7.90. The fourth-order valence-corrected chi connectivity index (χ4v) is 3.78. The number of carbonyl (C=O) groups excluding carboxylic acids is 1. The van der Waals surface area contributed by atoms with Crippen molar-refractivity contribution in [1.29, 1.82) is 0 Å². The predicted molar refractivity (Wildman–Crippen MR) is 116 cm³/mol. The van der Waals surface area contributed by atoms with Gasteiger partial charge in [0.15, 0.2) is 0 Å². The van der Waals surface area contributed by atoms with Crippen LogP contribution in [0.15, 0.2) is 42.5 Å². The maximum Gasteiger partial charge on any atom is 0.216 e. The second kappa shape index (κ2) is 9.68. The fourth-order valence-electron chi connectivity index (χ4n) is 2.97. The Morgan fingerprint density at radius 3 is 2.37 bits per heavy atom. The van der Waals surface area contributed by atoms with Crippen LogP contribution in [0, 0.1) is 5.82 Å². The van der Waals surface area contributed by atoms with Crippen LogP contribution in [0.1, 0.15) is 38.8 Å². The van der Waals surface area contributed by atoms with Crippen LogP contribution in [-0.2, 0) is 26.8 Å². The van der Waals surface area contributed by atoms with Gasteiger partial charge in [0.05, 0.1) is 5.25 Å². The van der Waals surface area contributed by atoms with Gasteiger partial charge in [-0.25, -0.2) is 17.5 Å². The normalized spacial score (nSPS) is 13.8. The van der Waals surface area contributed by atoms with Crippen molar-refractivity contribution in [3.05, 3.63) is 59.4 Å². The van der Waals surface area contributed by atoms with Crippen LogP contribution >= 0.6 is 0 Å². The first-order chi connectivity index (χ1) is 13.9. The zero-order valence-electron chi connectivity index (χ0n) is 17.7. The van der Waals surface area contributed by atoms with E-state index in [0.29, 0.717) is 29.7 Å². The van der Waals surface area contributed by atoms with Crippen LogP contribution in [0.5, 0.6) is 0 Å². The number of hydrogen-bond donors (Lipinski definition) is 3. The minimum atomic E-state index is -3.50. The number of rotatable bonds is 9. The first-order valence-corrected chi connectivity index (χ1v) is 11.3. The molecule has 8 heteroatoms. The van der Waals surface area contributed by atoms with E-state index in [2.05, 4.69) is 10.0 Å². The van der Waals surface area contributed by atoms with Gasteiger partial charge >= 0.3 is 0 Å². The monoisotopic (exact) mass is 436 g/mol. The van der Waals surface area contributed by atoms with E-state index in [4.69, 9.17) is 0 Å². The molecule has 0 saturated carbocycles. The second-order valence-electron chi connectivity index (χ2n) is 7.76. The van der Waals surface area contributed by atoms with Gasteiger partial charge in [-0.3, -0.25) is 4.79 Å². The number of sulfonamides is 1. The van der Waals surface area contributed by atoms with Crippen molar-refractivity contribution in [2.24, 2.45) is 0 Å². The highest BCUT2D eigenvalue weighted by atomic mass is 32.2. The first-order valence-electron chi connectivity index (χ1n) is 9.77. The molecule has 0 fully saturated rings. The van der Waals surface area contributed by atoms with Crippen LogP contribution in [0.25, 0.3) is 11.1 Å². The third kappa shape index (κ3) is 6.10. The minimum absolute atomic E-state index is 0.158. The number of halogens is 1. The van der Waals surface area contributed by atoms with Crippen molar-refractivity contribution in [3.8, 4) is 11.1 Å². The topological polar surface area (TPSA) is 95.5 Å². The highest BCUT2D eigenvalue weighted by Crippen LogP contribution is 2.29. The zero-order valence-corrected chi connectivity index (χ0v) is 18.5. The molecule has 0 aliphatic rings. The molecule has 0 radical (unpaired) electrons. The van der Waals surface area contributed by atoms with Crippen molar-refractivity contribution in [2.75, 3.05) is 13.1 Å². The lowest BCUT2D eigenvalue weighted by Crippen LogP contribution is -2.41. The number of aliphatic hydroxyl groups is 1. The minimum Gasteiger partial charge on any atom is -0.384 e. The molecule has 1 unspecified atom stereocenters. The van der Waals surface area contributed by atoms with Crippen molar-refractivity contribution >= 4 is 15.9 Å². The van der Waals surface area contributed by atoms with Crippen LogP contribution in [0.2, 0.25) is 0 Å². The molecule has 0 aliphatic carbocycles. The Morgan fingerprint density at radius 1 is 1.17 bits per heavy atom. The Labute approximate surface area is 177 Å². The molecule has 3 N–H and O–H groups in total. The molecule has 0 spiro atoms. The van der Waals surface area contributed by atoms with E-state index in [1.165, 1.54) is 19.9 Å². The molecule has 2 aromatic rings. The standard InChI is InChI=1S/C22H29FN2O4S/c1-15(2)30(28,29)25-14-22(4,27)18-10-8-17(9-11-18)19-6-5-7-21(23)20(19)12-13-24-16(3)26/h5-11,15,25,27H,12-14H2,1-4H3,(H,24,26). The molecule has 0 aliphatic heterocycles. The molecule has 1 atom stereocenters. The molecule has 6 nitrogen and oxygen atoms in total. The lowest BCUT2D eigenvalue weighted by Gasteiger charge is -2.25. The van der Waals surface area contributed by atoms with E-state index < -0.39 is 20.9 Å². The molecule has 0 heterocycles. The number of amides is 1. The van der Waals surface area contributed by atoms with Gasteiger partial charge in [-0.05, 0) is 55.5 Å². The van der Waals surface area contributed by atoms with E-state index in [0.717, 1.165) is 5.56 Å². The fraction of sp³-hybridized carbons (Fsp3) is 0.409. The largest absolute Gasteiger partial charge is 0.384 e. The lowest BCUT2D eigenvalue weighted by molar-refractivity contribution is -0.118. The molecule has 0 saturated heterocycles. The van der Waals surface area contributed by atoms with Crippen LogP contribution < -0.4 is 10.0 Å². The number of benzene rings is 2. The molecule has 30 heavy (non-hydrogen) atoms. The maximum absolute atomic E-state index is 14.4. The Morgan fingerprint density at radius 2 is 1.80 bits per heavy atom. The van der Waals surface area contributed by atoms with Crippen LogP contribution in [0.4, 0.5) is 4.39 Å². The van der Waals surface area contributed by atoms with E-state index in [1.54, 1.807) is 50.2 Å². The highest BCUT2D eigenvalue weighted by Gasteiger charge is 2.27.